The summed E-state index contributed by atoms with van der Waals surface area (Å²) in [6, 6.07) is -0.892. The molecule has 0 rings (SSSR count). The summed E-state index contributed by atoms with van der Waals surface area (Å²) in [5, 5.41) is 13.9. The molecule has 0 aromatic carbocycles. The highest BCUT2D eigenvalue weighted by Gasteiger charge is 2.23. The third-order valence-electron chi connectivity index (χ3n) is 14.4. The normalized spacial score (nSPS) is 14.3. The van der Waals surface area contributed by atoms with Gasteiger partial charge in [-0.3, -0.25) is 9.36 Å². The van der Waals surface area contributed by atoms with E-state index in [9.17, 15) is 19.4 Å². The van der Waals surface area contributed by atoms with Crippen LogP contribution in [0.15, 0.2) is 85.1 Å². The van der Waals surface area contributed by atoms with Crippen molar-refractivity contribution in [2.45, 2.75) is 302 Å². The number of hydrogen-bond donors (Lipinski definition) is 2. The Balaban J connectivity index is 4.12. The third kappa shape index (κ3) is 61.2. The number of aliphatic hydroxyl groups excluding tert-OH is 1. The number of allylic oxidation sites excluding steroid dienone is 13. The standard InChI is InChI=1S/C68H125N2O6P/c1-6-8-10-12-14-16-18-20-22-24-26-28-30-31-32-33-34-35-36-37-38-39-40-42-44-46-48-50-52-54-56-58-60-62-68(72)69-66(65-76-77(73,74)75-64-63-70(3,4)5)67(71)61-59-57-55-53-51-49-47-45-43-41-29-27-25-23-21-19-17-15-13-11-9-7-2/h8,10,14,16,20,22,26,28,31-32,34-35,59,61,66-67,71H,6-7,9,11-13,15,17-19,21,23-25,27,29-30,33,36-58,60,62-65H2,1-5H3,(H-,69,72,73,74)/b10-8-,16-14-,22-20-,28-26-,32-31-,35-34-,61-59+. The van der Waals surface area contributed by atoms with Crippen LogP contribution in [0.5, 0.6) is 0 Å². The van der Waals surface area contributed by atoms with E-state index < -0.39 is 20.0 Å². The molecule has 2 N–H and O–H groups in total. The van der Waals surface area contributed by atoms with Crippen LogP contribution in [0.4, 0.5) is 0 Å². The Morgan fingerprint density at radius 3 is 1.16 bits per heavy atom. The van der Waals surface area contributed by atoms with Gasteiger partial charge in [0, 0.05) is 6.42 Å². The molecule has 0 aromatic rings. The van der Waals surface area contributed by atoms with E-state index in [1.54, 1.807) is 6.08 Å². The van der Waals surface area contributed by atoms with Gasteiger partial charge >= 0.3 is 0 Å². The molecule has 0 aliphatic rings. The first-order chi connectivity index (χ1) is 37.5. The van der Waals surface area contributed by atoms with Gasteiger partial charge < -0.3 is 28.8 Å². The fourth-order valence-electron chi connectivity index (χ4n) is 9.34. The fraction of sp³-hybridized carbons (Fsp3) is 0.779. The number of carbonyl (C=O) groups excluding carboxylic acids is 1. The van der Waals surface area contributed by atoms with Crippen LogP contribution in [0.3, 0.4) is 0 Å². The van der Waals surface area contributed by atoms with E-state index >= 15 is 0 Å². The molecule has 0 aliphatic carbocycles. The van der Waals surface area contributed by atoms with E-state index in [4.69, 9.17) is 9.05 Å². The summed E-state index contributed by atoms with van der Waals surface area (Å²) in [6.45, 7) is 4.56. The molecule has 9 heteroatoms. The molecule has 0 spiro atoms. The molecular weight excluding hydrogens is 972 g/mol. The number of amides is 1. The van der Waals surface area contributed by atoms with Gasteiger partial charge in [-0.05, 0) is 70.6 Å². The molecule has 0 radical (unpaired) electrons. The monoisotopic (exact) mass is 1100 g/mol. The Morgan fingerprint density at radius 2 is 0.792 bits per heavy atom. The summed E-state index contributed by atoms with van der Waals surface area (Å²) in [5.41, 5.74) is 0. The van der Waals surface area contributed by atoms with Crippen molar-refractivity contribution in [3.63, 3.8) is 0 Å². The predicted molar refractivity (Wildman–Crippen MR) is 334 cm³/mol. The Kier molecular flexibility index (Phi) is 56.6. The van der Waals surface area contributed by atoms with Gasteiger partial charge in [-0.15, -0.1) is 0 Å². The highest BCUT2D eigenvalue weighted by atomic mass is 31.2. The lowest BCUT2D eigenvalue weighted by atomic mass is 10.0. The topological polar surface area (TPSA) is 108 Å². The zero-order valence-corrected chi connectivity index (χ0v) is 52.0. The summed E-state index contributed by atoms with van der Waals surface area (Å²) < 4.78 is 23.4. The predicted octanol–water partition coefficient (Wildman–Crippen LogP) is 19.7. The molecular formula is C68H125N2O6P. The van der Waals surface area contributed by atoms with Crippen LogP contribution in [-0.4, -0.2) is 68.5 Å². The molecule has 0 saturated carbocycles. The number of hydrogen-bond acceptors (Lipinski definition) is 6. The average molecular weight is 1100 g/mol. The van der Waals surface area contributed by atoms with E-state index in [1.807, 2.05) is 27.2 Å². The van der Waals surface area contributed by atoms with Crippen molar-refractivity contribution >= 4 is 13.7 Å². The van der Waals surface area contributed by atoms with Crippen LogP contribution in [0, 0.1) is 0 Å². The summed E-state index contributed by atoms with van der Waals surface area (Å²) >= 11 is 0. The number of likely N-dealkylation sites (N-methyl/N-ethyl adjacent to an activating group) is 1. The molecule has 77 heavy (non-hydrogen) atoms. The van der Waals surface area contributed by atoms with Crippen molar-refractivity contribution in [1.82, 2.24) is 5.32 Å². The summed E-state index contributed by atoms with van der Waals surface area (Å²) in [5.74, 6) is -0.198. The molecule has 0 fully saturated rings. The maximum absolute atomic E-state index is 13.0. The first kappa shape index (κ1) is 74.7. The first-order valence-electron chi connectivity index (χ1n) is 32.4. The second kappa shape index (κ2) is 58.3. The van der Waals surface area contributed by atoms with Crippen molar-refractivity contribution in [3.05, 3.63) is 85.1 Å². The lowest BCUT2D eigenvalue weighted by Gasteiger charge is -2.29. The van der Waals surface area contributed by atoms with E-state index in [0.717, 1.165) is 77.0 Å². The largest absolute Gasteiger partial charge is 0.756 e. The van der Waals surface area contributed by atoms with E-state index in [-0.39, 0.29) is 19.1 Å². The van der Waals surface area contributed by atoms with Gasteiger partial charge in [0.25, 0.3) is 7.82 Å². The third-order valence-corrected chi connectivity index (χ3v) is 15.3. The minimum absolute atomic E-state index is 0.00300. The lowest BCUT2D eigenvalue weighted by molar-refractivity contribution is -0.870. The second-order valence-electron chi connectivity index (χ2n) is 23.1. The lowest BCUT2D eigenvalue weighted by Crippen LogP contribution is -2.45. The van der Waals surface area contributed by atoms with Gasteiger partial charge in [0.15, 0.2) is 0 Å². The van der Waals surface area contributed by atoms with Crippen molar-refractivity contribution < 1.29 is 32.9 Å². The van der Waals surface area contributed by atoms with Crippen molar-refractivity contribution in [1.29, 1.82) is 0 Å². The van der Waals surface area contributed by atoms with Crippen molar-refractivity contribution in [2.75, 3.05) is 40.9 Å². The number of phosphoric acid groups is 1. The van der Waals surface area contributed by atoms with Crippen LogP contribution in [-0.2, 0) is 18.4 Å². The molecule has 8 nitrogen and oxygen atoms in total. The van der Waals surface area contributed by atoms with Gasteiger partial charge in [-0.1, -0.05) is 298 Å². The van der Waals surface area contributed by atoms with Crippen LogP contribution in [0.25, 0.3) is 0 Å². The van der Waals surface area contributed by atoms with Crippen LogP contribution in [0.1, 0.15) is 290 Å². The van der Waals surface area contributed by atoms with Crippen LogP contribution >= 0.6 is 7.82 Å². The minimum Gasteiger partial charge on any atom is -0.756 e. The number of quaternary nitrogens is 1. The zero-order chi connectivity index (χ0) is 56.3. The quantitative estimate of drug-likeness (QED) is 0.0272. The average Bonchev–Trinajstić information content (AvgIpc) is 3.39. The Hall–Kier alpha value is -2.32. The molecule has 0 aromatic heterocycles. The number of carbonyl (C=O) groups is 1. The number of unbranched alkanes of at least 4 members (excludes halogenated alkanes) is 34. The molecule has 0 saturated heterocycles. The molecule has 0 bridgehead atoms. The highest BCUT2D eigenvalue weighted by Crippen LogP contribution is 2.38. The summed E-state index contributed by atoms with van der Waals surface area (Å²) in [4.78, 5) is 25.6. The molecule has 3 atom stereocenters. The number of aliphatic hydroxyl groups is 1. The maximum atomic E-state index is 13.0. The minimum atomic E-state index is -4.60. The van der Waals surface area contributed by atoms with Gasteiger partial charge in [0.2, 0.25) is 5.91 Å². The first-order valence-corrected chi connectivity index (χ1v) is 33.9. The van der Waals surface area contributed by atoms with E-state index in [0.29, 0.717) is 17.4 Å². The number of nitrogens with zero attached hydrogens (tertiary/aromatic N) is 1. The van der Waals surface area contributed by atoms with Gasteiger partial charge in [-0.2, -0.15) is 0 Å². The van der Waals surface area contributed by atoms with Gasteiger partial charge in [0.05, 0.1) is 39.9 Å². The Labute approximate surface area is 477 Å². The van der Waals surface area contributed by atoms with Gasteiger partial charge in [-0.25, -0.2) is 0 Å². The van der Waals surface area contributed by atoms with Crippen molar-refractivity contribution in [3.8, 4) is 0 Å². The summed E-state index contributed by atoms with van der Waals surface area (Å²) in [7, 11) is 1.26. The Bertz CT molecular complexity index is 1530. The van der Waals surface area contributed by atoms with Gasteiger partial charge in [0.1, 0.15) is 13.2 Å². The number of phosphoric ester groups is 1. The smallest absolute Gasteiger partial charge is 0.268 e. The Morgan fingerprint density at radius 1 is 0.468 bits per heavy atom. The highest BCUT2D eigenvalue weighted by molar-refractivity contribution is 7.45. The molecule has 0 heterocycles. The van der Waals surface area contributed by atoms with Crippen LogP contribution < -0.4 is 10.2 Å². The van der Waals surface area contributed by atoms with Crippen molar-refractivity contribution in [2.24, 2.45) is 0 Å². The molecule has 3 unspecified atom stereocenters. The second-order valence-corrected chi connectivity index (χ2v) is 24.5. The zero-order valence-electron chi connectivity index (χ0n) is 51.1. The van der Waals surface area contributed by atoms with E-state index in [1.165, 1.54) is 193 Å². The van der Waals surface area contributed by atoms with Crippen LogP contribution in [0.2, 0.25) is 0 Å². The number of rotatable bonds is 59. The number of nitrogens with one attached hydrogen (secondary N) is 1. The maximum Gasteiger partial charge on any atom is 0.268 e. The van der Waals surface area contributed by atoms with E-state index in [2.05, 4.69) is 92.1 Å². The summed E-state index contributed by atoms with van der Waals surface area (Å²) in [6.07, 6.45) is 82.5. The molecule has 0 aliphatic heterocycles. The molecule has 1 amide bonds. The fourth-order valence-corrected chi connectivity index (χ4v) is 10.1. The SMILES string of the molecule is CC/C=C\C/C=C\C/C=C\C/C=C\C/C=C\C/C=C\CCCCCCCCCCCCCCCCC(=O)NC(COP(=O)([O-])OCC[N+](C)(C)C)C(O)/C=C/CCCCCCCCCCCCCCCCCCCCCC. The molecule has 448 valence electrons.